The van der Waals surface area contributed by atoms with Crippen molar-refractivity contribution in [1.82, 2.24) is 0 Å². The molecule has 2 aliphatic rings. The maximum atomic E-state index is 11.5. The second kappa shape index (κ2) is 8.45. The van der Waals surface area contributed by atoms with Gasteiger partial charge >= 0.3 is 5.97 Å². The van der Waals surface area contributed by atoms with Crippen molar-refractivity contribution in [3.8, 4) is 0 Å². The Hall–Kier alpha value is -1.29. The summed E-state index contributed by atoms with van der Waals surface area (Å²) in [5, 5.41) is 0. The van der Waals surface area contributed by atoms with Crippen LogP contribution in [0.1, 0.15) is 61.3 Å². The third-order valence-electron chi connectivity index (χ3n) is 6.84. The number of esters is 1. The molecule has 0 saturated heterocycles. The molecule has 164 valence electrons. The minimum Gasteiger partial charge on any atom is -0.545 e. The molecule has 1 saturated carbocycles. The molecular formula is C25H42O3Si. The minimum absolute atomic E-state index is 0.0590. The Kier molecular flexibility index (Phi) is 6.99. The molecule has 0 aromatic heterocycles. The molecule has 4 unspecified atom stereocenters. The molecule has 29 heavy (non-hydrogen) atoms. The topological polar surface area (TPSA) is 35.5 Å². The number of carbonyl (C=O) groups is 1. The van der Waals surface area contributed by atoms with Crippen LogP contribution in [0.15, 0.2) is 35.1 Å². The quantitative estimate of drug-likeness (QED) is 0.204. The summed E-state index contributed by atoms with van der Waals surface area (Å²) < 4.78 is 12.0. The van der Waals surface area contributed by atoms with Crippen LogP contribution in [-0.2, 0) is 14.0 Å². The largest absolute Gasteiger partial charge is 0.545 e. The summed E-state index contributed by atoms with van der Waals surface area (Å²) in [7, 11) is -1.82. The molecule has 0 radical (unpaired) electrons. The first-order valence-corrected chi connectivity index (χ1v) is 14.5. The maximum Gasteiger partial charge on any atom is 0.303 e. The van der Waals surface area contributed by atoms with Crippen molar-refractivity contribution in [1.29, 1.82) is 0 Å². The highest BCUT2D eigenvalue weighted by atomic mass is 28.4. The van der Waals surface area contributed by atoms with Crippen LogP contribution in [0, 0.1) is 28.6 Å². The van der Waals surface area contributed by atoms with E-state index in [9.17, 15) is 4.79 Å². The lowest BCUT2D eigenvalue weighted by Gasteiger charge is -2.45. The molecule has 0 bridgehead atoms. The predicted octanol–water partition coefficient (Wildman–Crippen LogP) is 6.89. The number of allylic oxidation sites excluding steroid dienone is 5. The van der Waals surface area contributed by atoms with E-state index in [1.807, 2.05) is 0 Å². The average Bonchev–Trinajstić information content (AvgIpc) is 2.82. The summed E-state index contributed by atoms with van der Waals surface area (Å²) in [6, 6.07) is 0. The molecule has 2 rings (SSSR count). The van der Waals surface area contributed by atoms with E-state index in [-0.39, 0.29) is 23.4 Å². The summed E-state index contributed by atoms with van der Waals surface area (Å²) in [6.07, 6.45) is 9.17. The van der Waals surface area contributed by atoms with Gasteiger partial charge in [-0.25, -0.2) is 0 Å². The van der Waals surface area contributed by atoms with E-state index < -0.39 is 8.32 Å². The first-order valence-electron chi connectivity index (χ1n) is 11.1. The summed E-state index contributed by atoms with van der Waals surface area (Å²) in [6.45, 7) is 22.2. The van der Waals surface area contributed by atoms with E-state index in [1.54, 1.807) is 5.57 Å². The number of fused-ring (bicyclic) bond motifs is 1. The molecule has 4 heteroatoms. The Morgan fingerprint density at radius 3 is 2.45 bits per heavy atom. The molecule has 4 atom stereocenters. The van der Waals surface area contributed by atoms with Crippen molar-refractivity contribution in [2.75, 3.05) is 6.61 Å². The highest BCUT2D eigenvalue weighted by Crippen LogP contribution is 2.61. The van der Waals surface area contributed by atoms with Crippen LogP contribution in [0.3, 0.4) is 0 Å². The molecule has 0 spiro atoms. The van der Waals surface area contributed by atoms with Crippen molar-refractivity contribution >= 4 is 14.3 Å². The summed E-state index contributed by atoms with van der Waals surface area (Å²) >= 11 is 0. The van der Waals surface area contributed by atoms with E-state index in [0.717, 1.165) is 18.6 Å². The van der Waals surface area contributed by atoms with Gasteiger partial charge in [0, 0.05) is 12.3 Å². The van der Waals surface area contributed by atoms with Gasteiger partial charge in [0.2, 0.25) is 8.32 Å². The van der Waals surface area contributed by atoms with Crippen molar-refractivity contribution in [2.24, 2.45) is 28.6 Å². The molecule has 0 aliphatic heterocycles. The van der Waals surface area contributed by atoms with Crippen LogP contribution in [0.25, 0.3) is 0 Å². The number of carbonyl (C=O) groups excluding carboxylic acids is 1. The number of hydrogen-bond donors (Lipinski definition) is 0. The van der Waals surface area contributed by atoms with Crippen molar-refractivity contribution < 1.29 is 14.0 Å². The Labute approximate surface area is 179 Å². The average molecular weight is 419 g/mol. The van der Waals surface area contributed by atoms with Crippen LogP contribution in [0.5, 0.6) is 0 Å². The minimum atomic E-state index is -1.82. The summed E-state index contributed by atoms with van der Waals surface area (Å²) in [5.41, 5.74) is 3.08. The van der Waals surface area contributed by atoms with Gasteiger partial charge in [0.1, 0.15) is 12.4 Å². The van der Waals surface area contributed by atoms with E-state index in [0.29, 0.717) is 17.8 Å². The fraction of sp³-hybridized carbons (Fsp3) is 0.720. The third kappa shape index (κ3) is 5.07. The van der Waals surface area contributed by atoms with Crippen LogP contribution in [-0.4, -0.2) is 20.9 Å². The standard InChI is InChI=1S/C25H42O3Si/c1-11-13-24(5,6)20-12-14-25(7)21(18(20)3)15-17(2)23(25)22(16-27-19(4)26)28-29(8,9)10/h11-13,17-18,21H,14-16H2,1-10H3. The van der Waals surface area contributed by atoms with Gasteiger partial charge in [-0.1, -0.05) is 58.4 Å². The lowest BCUT2D eigenvalue weighted by Crippen LogP contribution is -2.37. The molecule has 0 aromatic carbocycles. The Morgan fingerprint density at radius 2 is 1.93 bits per heavy atom. The maximum absolute atomic E-state index is 11.5. The zero-order valence-corrected chi connectivity index (χ0v) is 21.3. The summed E-state index contributed by atoms with van der Waals surface area (Å²) in [4.78, 5) is 11.5. The first kappa shape index (κ1) is 24.0. The van der Waals surface area contributed by atoms with Gasteiger partial charge < -0.3 is 9.16 Å². The van der Waals surface area contributed by atoms with E-state index in [4.69, 9.17) is 9.16 Å². The van der Waals surface area contributed by atoms with Crippen molar-refractivity contribution in [3.63, 3.8) is 0 Å². The normalized spacial score (nSPS) is 32.1. The van der Waals surface area contributed by atoms with Crippen LogP contribution in [0.2, 0.25) is 19.6 Å². The molecule has 0 N–H and O–H groups in total. The smallest absolute Gasteiger partial charge is 0.303 e. The van der Waals surface area contributed by atoms with Crippen LogP contribution < -0.4 is 0 Å². The first-order chi connectivity index (χ1) is 13.2. The monoisotopic (exact) mass is 418 g/mol. The van der Waals surface area contributed by atoms with Gasteiger partial charge in [0.15, 0.2) is 0 Å². The highest BCUT2D eigenvalue weighted by Gasteiger charge is 2.53. The SMILES string of the molecule is CC=CC(C)(C)C1=CCC2(C)C(=C(COC(C)=O)O[Si](C)(C)C)C(C)CC2C1C. The predicted molar refractivity (Wildman–Crippen MR) is 124 cm³/mol. The lowest BCUT2D eigenvalue weighted by atomic mass is 9.59. The van der Waals surface area contributed by atoms with Gasteiger partial charge in [0.05, 0.1) is 0 Å². The van der Waals surface area contributed by atoms with Crippen molar-refractivity contribution in [2.45, 2.75) is 80.9 Å². The highest BCUT2D eigenvalue weighted by molar-refractivity contribution is 6.70. The zero-order valence-electron chi connectivity index (χ0n) is 20.3. The van der Waals surface area contributed by atoms with Crippen LogP contribution in [0.4, 0.5) is 0 Å². The van der Waals surface area contributed by atoms with E-state index in [1.165, 1.54) is 12.5 Å². The van der Waals surface area contributed by atoms with Gasteiger partial charge in [-0.2, -0.15) is 0 Å². The fourth-order valence-electron chi connectivity index (χ4n) is 5.92. The van der Waals surface area contributed by atoms with E-state index in [2.05, 4.69) is 79.4 Å². The van der Waals surface area contributed by atoms with Crippen LogP contribution >= 0.6 is 0 Å². The van der Waals surface area contributed by atoms with E-state index >= 15 is 0 Å². The third-order valence-corrected chi connectivity index (χ3v) is 7.70. The number of hydrogen-bond acceptors (Lipinski definition) is 3. The van der Waals surface area contributed by atoms with Gasteiger partial charge in [0.25, 0.3) is 0 Å². The van der Waals surface area contributed by atoms with Gasteiger partial charge in [-0.15, -0.1) is 0 Å². The van der Waals surface area contributed by atoms with Gasteiger partial charge in [-0.05, 0) is 68.1 Å². The molecule has 0 amide bonds. The molecule has 0 aromatic rings. The Balaban J connectivity index is 2.53. The molecule has 3 nitrogen and oxygen atoms in total. The molecule has 0 heterocycles. The van der Waals surface area contributed by atoms with Gasteiger partial charge in [-0.3, -0.25) is 4.79 Å². The van der Waals surface area contributed by atoms with Crippen molar-refractivity contribution in [3.05, 3.63) is 35.1 Å². The number of rotatable bonds is 6. The lowest BCUT2D eigenvalue weighted by molar-refractivity contribution is -0.140. The Bertz CT molecular complexity index is 723. The number of ether oxygens (including phenoxy) is 1. The Morgan fingerprint density at radius 1 is 1.31 bits per heavy atom. The molecule has 2 aliphatic carbocycles. The zero-order chi connectivity index (χ0) is 22.2. The summed E-state index contributed by atoms with van der Waals surface area (Å²) in [5.74, 6) is 2.21. The second-order valence-electron chi connectivity index (χ2n) is 10.9. The molecule has 1 fully saturated rings. The molecular weight excluding hydrogens is 376 g/mol. The second-order valence-corrected chi connectivity index (χ2v) is 15.3. The fourth-order valence-corrected chi connectivity index (χ4v) is 6.83.